The third-order valence-corrected chi connectivity index (χ3v) is 8.78. The van der Waals surface area contributed by atoms with Gasteiger partial charge < -0.3 is 15.7 Å². The number of anilines is 4. The van der Waals surface area contributed by atoms with Gasteiger partial charge in [0.2, 0.25) is 23.1 Å². The van der Waals surface area contributed by atoms with Crippen LogP contribution in [0.25, 0.3) is 0 Å². The number of aromatic hydroxyl groups is 1. The lowest BCUT2D eigenvalue weighted by Gasteiger charge is -2.14. The van der Waals surface area contributed by atoms with E-state index in [2.05, 4.69) is 35.8 Å². The molecule has 2 heterocycles. The fourth-order valence-electron chi connectivity index (χ4n) is 4.05. The molecule has 2 aromatic heterocycles. The highest BCUT2D eigenvalue weighted by Crippen LogP contribution is 2.35. The van der Waals surface area contributed by atoms with Crippen LogP contribution in [-0.4, -0.2) is 63.5 Å². The lowest BCUT2D eigenvalue weighted by Crippen LogP contribution is -2.26. The maximum atomic E-state index is 12.7. The highest BCUT2D eigenvalue weighted by molar-refractivity contribution is 7.86. The number of aromatic nitrogens is 4. The maximum Gasteiger partial charge on any atom is 0.296 e. The maximum absolute atomic E-state index is 12.7. The van der Waals surface area contributed by atoms with Gasteiger partial charge >= 0.3 is 0 Å². The van der Waals surface area contributed by atoms with Crippen LogP contribution in [0.15, 0.2) is 67.3 Å². The van der Waals surface area contributed by atoms with Crippen LogP contribution in [0, 0.1) is 6.92 Å². The standard InChI is InChI=1S/C24H23ClN8O11S3/c1-3-33-20(34)16(11-45(36,37)38)12(2)19(21(33)35)32-31-17-10-14(6-9-18(17)47(42,43)44)27-24-29-22(25)28-23(30-24)26-13-4-7-15(8-5-13)46(39,40)41/h4-10,35H,3,11H2,1-2H3,(H,36,37,38)(H,39,40,41)(H,42,43,44)(H2,26,27,28,29,30)/b32-31+. The Morgan fingerprint density at radius 1 is 0.851 bits per heavy atom. The molecule has 0 amide bonds. The Bertz CT molecular complexity index is 2300. The summed E-state index contributed by atoms with van der Waals surface area (Å²) in [7, 11) is -14.0. The van der Waals surface area contributed by atoms with Crippen molar-refractivity contribution in [3.63, 3.8) is 0 Å². The number of hydrogen-bond acceptors (Lipinski definition) is 15. The molecule has 6 N–H and O–H groups in total. The number of hydrogen-bond donors (Lipinski definition) is 6. The van der Waals surface area contributed by atoms with Crippen LogP contribution < -0.4 is 16.2 Å². The van der Waals surface area contributed by atoms with Crippen LogP contribution in [0.4, 0.5) is 34.6 Å². The Morgan fingerprint density at radius 3 is 1.96 bits per heavy atom. The topological polar surface area (TPSA) is 293 Å². The summed E-state index contributed by atoms with van der Waals surface area (Å²) in [5, 5.41) is 23.5. The quantitative estimate of drug-likeness (QED) is 0.0950. The minimum Gasteiger partial charge on any atom is -0.493 e. The highest BCUT2D eigenvalue weighted by Gasteiger charge is 2.23. The molecule has 47 heavy (non-hydrogen) atoms. The summed E-state index contributed by atoms with van der Waals surface area (Å²) in [6.07, 6.45) is 0. The van der Waals surface area contributed by atoms with Crippen molar-refractivity contribution < 1.29 is 44.0 Å². The molecular formula is C24H23ClN8O11S3. The molecule has 0 bridgehead atoms. The van der Waals surface area contributed by atoms with E-state index in [9.17, 15) is 44.3 Å². The Labute approximate surface area is 271 Å². The summed E-state index contributed by atoms with van der Waals surface area (Å²) in [6, 6.07) is 8.12. The SMILES string of the molecule is CCn1c(O)c(/N=N/c2cc(Nc3nc(Cl)nc(Nc4ccc(S(=O)(=O)O)cc4)n3)ccc2S(=O)(=O)O)c(C)c(CS(=O)(=O)O)c1=O. The number of nitrogens with zero attached hydrogens (tertiary/aromatic N) is 6. The predicted molar refractivity (Wildman–Crippen MR) is 166 cm³/mol. The molecule has 0 radical (unpaired) electrons. The lowest BCUT2D eigenvalue weighted by atomic mass is 10.1. The average Bonchev–Trinajstić information content (AvgIpc) is 2.94. The molecule has 0 atom stereocenters. The van der Waals surface area contributed by atoms with Crippen LogP contribution >= 0.6 is 11.6 Å². The fraction of sp³-hybridized carbons (Fsp3) is 0.167. The van der Waals surface area contributed by atoms with Crippen molar-refractivity contribution in [1.29, 1.82) is 0 Å². The second-order valence-electron chi connectivity index (χ2n) is 9.41. The first-order chi connectivity index (χ1) is 21.8. The second kappa shape index (κ2) is 13.3. The van der Waals surface area contributed by atoms with E-state index in [1.165, 1.54) is 32.0 Å². The predicted octanol–water partition coefficient (Wildman–Crippen LogP) is 3.50. The van der Waals surface area contributed by atoms with E-state index in [1.807, 2.05) is 0 Å². The van der Waals surface area contributed by atoms with E-state index in [4.69, 9.17) is 16.2 Å². The molecule has 2 aromatic carbocycles. The van der Waals surface area contributed by atoms with E-state index in [0.29, 0.717) is 5.69 Å². The number of rotatable bonds is 11. The molecule has 0 saturated carbocycles. The van der Waals surface area contributed by atoms with Gasteiger partial charge in [0.25, 0.3) is 35.9 Å². The van der Waals surface area contributed by atoms with Gasteiger partial charge in [0.15, 0.2) is 0 Å². The van der Waals surface area contributed by atoms with Crippen LogP contribution in [0.5, 0.6) is 5.88 Å². The molecule has 0 spiro atoms. The van der Waals surface area contributed by atoms with Gasteiger partial charge in [-0.15, -0.1) is 10.2 Å². The van der Waals surface area contributed by atoms with E-state index in [0.717, 1.165) is 28.8 Å². The summed E-state index contributed by atoms with van der Waals surface area (Å²) in [4.78, 5) is 23.6. The summed E-state index contributed by atoms with van der Waals surface area (Å²) in [5.74, 6) is -2.12. The Kier molecular flexibility index (Phi) is 9.96. The largest absolute Gasteiger partial charge is 0.493 e. The molecule has 250 valence electrons. The Hall–Kier alpha value is -4.58. The van der Waals surface area contributed by atoms with Crippen molar-refractivity contribution in [1.82, 2.24) is 19.5 Å². The normalized spacial score (nSPS) is 12.4. The van der Waals surface area contributed by atoms with Crippen LogP contribution in [0.3, 0.4) is 0 Å². The van der Waals surface area contributed by atoms with Gasteiger partial charge in [-0.05, 0) is 73.5 Å². The van der Waals surface area contributed by atoms with E-state index in [-0.39, 0.29) is 39.9 Å². The van der Waals surface area contributed by atoms with Gasteiger partial charge in [-0.1, -0.05) is 0 Å². The number of pyridine rings is 1. The van der Waals surface area contributed by atoms with Crippen molar-refractivity contribution in [2.24, 2.45) is 10.2 Å². The van der Waals surface area contributed by atoms with E-state index >= 15 is 0 Å². The molecule has 0 aliphatic rings. The molecule has 19 nitrogen and oxygen atoms in total. The van der Waals surface area contributed by atoms with E-state index < -0.39 is 69.4 Å². The minimum absolute atomic E-state index is 0.0728. The fourth-order valence-corrected chi connectivity index (χ4v) is 6.00. The monoisotopic (exact) mass is 730 g/mol. The minimum atomic E-state index is -4.90. The van der Waals surface area contributed by atoms with Crippen LogP contribution in [0.2, 0.25) is 5.28 Å². The third kappa shape index (κ3) is 8.62. The molecule has 4 aromatic rings. The van der Waals surface area contributed by atoms with Crippen molar-refractivity contribution >= 4 is 76.6 Å². The number of halogens is 1. The van der Waals surface area contributed by atoms with Gasteiger partial charge in [0.1, 0.15) is 22.0 Å². The lowest BCUT2D eigenvalue weighted by molar-refractivity contribution is 0.411. The molecule has 23 heteroatoms. The summed E-state index contributed by atoms with van der Waals surface area (Å²) < 4.78 is 98.8. The van der Waals surface area contributed by atoms with Crippen LogP contribution in [-0.2, 0) is 42.7 Å². The molecule has 0 aliphatic heterocycles. The number of benzene rings is 2. The average molecular weight is 731 g/mol. The molecular weight excluding hydrogens is 708 g/mol. The first kappa shape index (κ1) is 35.3. The van der Waals surface area contributed by atoms with Crippen LogP contribution in [0.1, 0.15) is 18.1 Å². The Balaban J connectivity index is 1.72. The summed E-state index contributed by atoms with van der Waals surface area (Å²) in [6.45, 7) is 2.56. The molecule has 0 aliphatic carbocycles. The van der Waals surface area contributed by atoms with Crippen molar-refractivity contribution in [3.8, 4) is 5.88 Å². The number of nitrogens with one attached hydrogen (secondary N) is 2. The zero-order valence-corrected chi connectivity index (χ0v) is 27.1. The molecule has 0 fully saturated rings. The highest BCUT2D eigenvalue weighted by atomic mass is 35.5. The summed E-state index contributed by atoms with van der Waals surface area (Å²) >= 11 is 6.02. The van der Waals surface area contributed by atoms with Crippen molar-refractivity contribution in [2.45, 2.75) is 35.9 Å². The molecule has 0 unspecified atom stereocenters. The first-order valence-corrected chi connectivity index (χ1v) is 17.6. The van der Waals surface area contributed by atoms with E-state index in [1.54, 1.807) is 0 Å². The molecule has 4 rings (SSSR count). The third-order valence-electron chi connectivity index (χ3n) is 6.19. The smallest absolute Gasteiger partial charge is 0.296 e. The Morgan fingerprint density at radius 2 is 1.43 bits per heavy atom. The second-order valence-corrected chi connectivity index (χ2v) is 14.0. The van der Waals surface area contributed by atoms with Gasteiger partial charge in [0, 0.05) is 23.5 Å². The van der Waals surface area contributed by atoms with Crippen molar-refractivity contribution in [2.75, 3.05) is 10.6 Å². The van der Waals surface area contributed by atoms with Gasteiger partial charge in [0.05, 0.1) is 4.90 Å². The van der Waals surface area contributed by atoms with Crippen molar-refractivity contribution in [3.05, 3.63) is 69.2 Å². The van der Waals surface area contributed by atoms with Gasteiger partial charge in [-0.2, -0.15) is 40.2 Å². The summed E-state index contributed by atoms with van der Waals surface area (Å²) in [5.41, 5.74) is -2.04. The zero-order chi connectivity index (χ0) is 34.9. The van der Waals surface area contributed by atoms with Gasteiger partial charge in [-0.25, -0.2) is 0 Å². The number of azo groups is 1. The zero-order valence-electron chi connectivity index (χ0n) is 23.9. The first-order valence-electron chi connectivity index (χ1n) is 12.7. The van der Waals surface area contributed by atoms with Gasteiger partial charge in [-0.3, -0.25) is 23.0 Å². The molecule has 0 saturated heterocycles.